The zero-order valence-electron chi connectivity index (χ0n) is 12.9. The van der Waals surface area contributed by atoms with Gasteiger partial charge in [0, 0.05) is 5.69 Å². The maximum Gasteiger partial charge on any atom is 0.246 e. The Morgan fingerprint density at radius 3 is 2.70 bits per heavy atom. The average Bonchev–Trinajstić information content (AvgIpc) is 3.27. The van der Waals surface area contributed by atoms with Gasteiger partial charge in [0.25, 0.3) is 0 Å². The van der Waals surface area contributed by atoms with E-state index in [9.17, 15) is 5.11 Å². The van der Waals surface area contributed by atoms with Gasteiger partial charge in [-0.2, -0.15) is 4.98 Å². The monoisotopic (exact) mass is 329 g/mol. The molecule has 0 aliphatic rings. The van der Waals surface area contributed by atoms with Gasteiger partial charge in [-0.05, 0) is 30.0 Å². The van der Waals surface area contributed by atoms with E-state index in [2.05, 4.69) is 22.0 Å². The molecule has 0 fully saturated rings. The molecule has 1 atom stereocenters. The Bertz CT molecular complexity index is 709. The molecule has 1 N–H and O–H groups in total. The summed E-state index contributed by atoms with van der Waals surface area (Å²) in [7, 11) is 0. The lowest BCUT2D eigenvalue weighted by molar-refractivity contribution is 0.251. The number of hydrogen-bond donors (Lipinski definition) is 1. The first kappa shape index (κ1) is 15.7. The Hall–Kier alpha value is -2.18. The largest absolute Gasteiger partial charge is 0.394 e. The third-order valence-electron chi connectivity index (χ3n) is 3.73. The lowest BCUT2D eigenvalue weighted by Crippen LogP contribution is -2.37. The predicted octanol–water partition coefficient (Wildman–Crippen LogP) is 3.58. The van der Waals surface area contributed by atoms with Crippen LogP contribution >= 0.6 is 11.3 Å². The quantitative estimate of drug-likeness (QED) is 0.718. The van der Waals surface area contributed by atoms with Crippen molar-refractivity contribution in [3.05, 3.63) is 53.7 Å². The summed E-state index contributed by atoms with van der Waals surface area (Å²) in [6.45, 7) is 2.61. The summed E-state index contributed by atoms with van der Waals surface area (Å²) in [5.74, 6) is 1.16. The minimum absolute atomic E-state index is 0.00878. The molecule has 3 rings (SSSR count). The SMILES string of the molecule is CCC(CO)N(Cc1nc(-c2cccs2)no1)c1ccccc1. The van der Waals surface area contributed by atoms with Gasteiger partial charge in [0.15, 0.2) is 0 Å². The van der Waals surface area contributed by atoms with E-state index in [1.54, 1.807) is 11.3 Å². The summed E-state index contributed by atoms with van der Waals surface area (Å²) in [4.78, 5) is 7.57. The molecular formula is C17H19N3O2S. The molecule has 2 heterocycles. The number of para-hydroxylation sites is 1. The normalized spacial score (nSPS) is 12.3. The Kier molecular flexibility index (Phi) is 5.05. The van der Waals surface area contributed by atoms with Gasteiger partial charge in [-0.25, -0.2) is 0 Å². The van der Waals surface area contributed by atoms with Crippen LogP contribution in [-0.2, 0) is 6.54 Å². The van der Waals surface area contributed by atoms with Gasteiger partial charge in [-0.3, -0.25) is 0 Å². The number of hydrogen-bond acceptors (Lipinski definition) is 6. The van der Waals surface area contributed by atoms with Crippen molar-refractivity contribution in [2.45, 2.75) is 25.9 Å². The fraction of sp³-hybridized carbons (Fsp3) is 0.294. The van der Waals surface area contributed by atoms with Crippen molar-refractivity contribution >= 4 is 17.0 Å². The molecule has 23 heavy (non-hydrogen) atoms. The van der Waals surface area contributed by atoms with E-state index >= 15 is 0 Å². The van der Waals surface area contributed by atoms with Gasteiger partial charge < -0.3 is 14.5 Å². The second kappa shape index (κ2) is 7.39. The number of thiophene rings is 1. The molecule has 3 aromatic rings. The summed E-state index contributed by atoms with van der Waals surface area (Å²) in [5.41, 5.74) is 1.03. The van der Waals surface area contributed by atoms with Gasteiger partial charge in [0.2, 0.25) is 11.7 Å². The maximum absolute atomic E-state index is 9.68. The van der Waals surface area contributed by atoms with Crippen LogP contribution in [0.5, 0.6) is 0 Å². The first-order valence-electron chi connectivity index (χ1n) is 7.60. The molecule has 1 aromatic carbocycles. The molecule has 6 heteroatoms. The lowest BCUT2D eigenvalue weighted by Gasteiger charge is -2.30. The van der Waals surface area contributed by atoms with Crippen molar-refractivity contribution in [2.24, 2.45) is 0 Å². The van der Waals surface area contributed by atoms with E-state index in [0.29, 0.717) is 18.3 Å². The predicted molar refractivity (Wildman–Crippen MR) is 91.4 cm³/mol. The third-order valence-corrected chi connectivity index (χ3v) is 4.59. The van der Waals surface area contributed by atoms with Gasteiger partial charge in [-0.1, -0.05) is 36.3 Å². The summed E-state index contributed by atoms with van der Waals surface area (Å²) < 4.78 is 5.40. The molecule has 1 unspecified atom stereocenters. The molecule has 2 aromatic heterocycles. The number of aromatic nitrogens is 2. The minimum atomic E-state index is 0.00878. The Morgan fingerprint density at radius 2 is 2.04 bits per heavy atom. The van der Waals surface area contributed by atoms with Crippen LogP contribution in [0.15, 0.2) is 52.4 Å². The van der Waals surface area contributed by atoms with Crippen LogP contribution < -0.4 is 4.90 Å². The zero-order chi connectivity index (χ0) is 16.1. The Labute approximate surface area is 139 Å². The fourth-order valence-electron chi connectivity index (χ4n) is 2.47. The molecule has 5 nitrogen and oxygen atoms in total. The van der Waals surface area contributed by atoms with Crippen LogP contribution in [0.1, 0.15) is 19.2 Å². The van der Waals surface area contributed by atoms with Crippen molar-refractivity contribution in [1.29, 1.82) is 0 Å². The van der Waals surface area contributed by atoms with Crippen LogP contribution in [0.3, 0.4) is 0 Å². The van der Waals surface area contributed by atoms with Crippen LogP contribution in [0.4, 0.5) is 5.69 Å². The summed E-state index contributed by atoms with van der Waals surface area (Å²) in [6.07, 6.45) is 0.831. The molecule has 0 saturated heterocycles. The molecule has 0 bridgehead atoms. The topological polar surface area (TPSA) is 62.4 Å². The smallest absolute Gasteiger partial charge is 0.246 e. The van der Waals surface area contributed by atoms with Crippen molar-refractivity contribution in [3.8, 4) is 10.7 Å². The number of nitrogens with zero attached hydrogens (tertiary/aromatic N) is 3. The molecule has 0 radical (unpaired) electrons. The van der Waals surface area contributed by atoms with Crippen molar-refractivity contribution in [3.63, 3.8) is 0 Å². The average molecular weight is 329 g/mol. The molecule has 0 saturated carbocycles. The number of rotatable bonds is 7. The van der Waals surface area contributed by atoms with E-state index in [4.69, 9.17) is 4.52 Å². The van der Waals surface area contributed by atoms with Gasteiger partial charge in [0.1, 0.15) is 0 Å². The molecule has 0 amide bonds. The van der Waals surface area contributed by atoms with Gasteiger partial charge in [0.05, 0.1) is 24.1 Å². The van der Waals surface area contributed by atoms with E-state index < -0.39 is 0 Å². The van der Waals surface area contributed by atoms with Crippen LogP contribution in [0.25, 0.3) is 10.7 Å². The first-order valence-corrected chi connectivity index (χ1v) is 8.48. The summed E-state index contributed by atoms with van der Waals surface area (Å²) >= 11 is 1.58. The van der Waals surface area contributed by atoms with Crippen molar-refractivity contribution < 1.29 is 9.63 Å². The summed E-state index contributed by atoms with van der Waals surface area (Å²) in [6, 6.07) is 13.9. The van der Waals surface area contributed by atoms with E-state index in [-0.39, 0.29) is 12.6 Å². The van der Waals surface area contributed by atoms with E-state index in [1.165, 1.54) is 0 Å². The second-order valence-electron chi connectivity index (χ2n) is 5.20. The highest BCUT2D eigenvalue weighted by Crippen LogP contribution is 2.24. The highest BCUT2D eigenvalue weighted by molar-refractivity contribution is 7.13. The zero-order valence-corrected chi connectivity index (χ0v) is 13.7. The summed E-state index contributed by atoms with van der Waals surface area (Å²) in [5, 5.41) is 15.7. The van der Waals surface area contributed by atoms with E-state index in [1.807, 2.05) is 47.8 Å². The Morgan fingerprint density at radius 1 is 1.22 bits per heavy atom. The third kappa shape index (κ3) is 3.60. The maximum atomic E-state index is 9.68. The van der Waals surface area contributed by atoms with Crippen LogP contribution in [0.2, 0.25) is 0 Å². The first-order chi connectivity index (χ1) is 11.3. The molecule has 0 aliphatic heterocycles. The highest BCUT2D eigenvalue weighted by atomic mass is 32.1. The van der Waals surface area contributed by atoms with E-state index in [0.717, 1.165) is 17.0 Å². The fourth-order valence-corrected chi connectivity index (χ4v) is 3.12. The molecular weight excluding hydrogens is 310 g/mol. The molecule has 0 aliphatic carbocycles. The van der Waals surface area contributed by atoms with Gasteiger partial charge >= 0.3 is 0 Å². The Balaban J connectivity index is 1.84. The number of aliphatic hydroxyl groups is 1. The minimum Gasteiger partial charge on any atom is -0.394 e. The molecule has 0 spiro atoms. The highest BCUT2D eigenvalue weighted by Gasteiger charge is 2.20. The lowest BCUT2D eigenvalue weighted by atomic mass is 10.1. The van der Waals surface area contributed by atoms with Crippen molar-refractivity contribution in [1.82, 2.24) is 10.1 Å². The van der Waals surface area contributed by atoms with Crippen LogP contribution in [0, 0.1) is 0 Å². The van der Waals surface area contributed by atoms with Crippen molar-refractivity contribution in [2.75, 3.05) is 11.5 Å². The number of aliphatic hydroxyl groups excluding tert-OH is 1. The molecule has 120 valence electrons. The number of benzene rings is 1. The van der Waals surface area contributed by atoms with Gasteiger partial charge in [-0.15, -0.1) is 11.3 Å². The van der Waals surface area contributed by atoms with Crippen LogP contribution in [-0.4, -0.2) is 27.9 Å². The second-order valence-corrected chi connectivity index (χ2v) is 6.14. The number of anilines is 1. The standard InChI is InChI=1S/C17H19N3O2S/c1-2-13(12-21)20(14-7-4-3-5-8-14)11-16-18-17(19-22-16)15-9-6-10-23-15/h3-10,13,21H,2,11-12H2,1H3.